The average Bonchev–Trinajstić information content (AvgIpc) is 2.45. The molecule has 0 aliphatic rings. The van der Waals surface area contributed by atoms with E-state index in [1.165, 1.54) is 16.0 Å². The molecule has 0 radical (unpaired) electrons. The van der Waals surface area contributed by atoms with Crippen LogP contribution in [0.1, 0.15) is 30.9 Å². The Balaban J connectivity index is 2.12. The molecule has 0 spiro atoms. The minimum Gasteiger partial charge on any atom is -0.488 e. The molecular formula is C17H20OS. The van der Waals surface area contributed by atoms with E-state index in [2.05, 4.69) is 50.4 Å². The normalized spacial score (nSPS) is 10.7. The second-order valence-electron chi connectivity index (χ2n) is 4.84. The molecule has 2 aromatic rings. The van der Waals surface area contributed by atoms with E-state index < -0.39 is 0 Å². The zero-order valence-corrected chi connectivity index (χ0v) is 12.5. The predicted octanol–water partition coefficient (Wildman–Crippen LogP) is 5.11. The fourth-order valence-electron chi connectivity index (χ4n) is 1.90. The van der Waals surface area contributed by atoms with Gasteiger partial charge in [0.2, 0.25) is 0 Å². The fraction of sp³-hybridized carbons (Fsp3) is 0.294. The van der Waals surface area contributed by atoms with E-state index in [1.54, 1.807) is 11.8 Å². The van der Waals surface area contributed by atoms with Crippen molar-refractivity contribution in [3.05, 3.63) is 59.7 Å². The van der Waals surface area contributed by atoms with Gasteiger partial charge in [0.25, 0.3) is 0 Å². The highest BCUT2D eigenvalue weighted by Crippen LogP contribution is 2.31. The smallest absolute Gasteiger partial charge is 0.133 e. The SMILES string of the molecule is CSc1cc(C(C)C)ccc1OCc1ccccc1. The molecule has 0 fully saturated rings. The Kier molecular flexibility index (Phi) is 4.92. The maximum atomic E-state index is 5.93. The zero-order valence-electron chi connectivity index (χ0n) is 11.7. The van der Waals surface area contributed by atoms with Gasteiger partial charge >= 0.3 is 0 Å². The molecule has 0 heterocycles. The summed E-state index contributed by atoms with van der Waals surface area (Å²) in [6.07, 6.45) is 2.09. The van der Waals surface area contributed by atoms with Crippen LogP contribution >= 0.6 is 11.8 Å². The first-order valence-electron chi connectivity index (χ1n) is 6.55. The van der Waals surface area contributed by atoms with Crippen molar-refractivity contribution in [3.8, 4) is 5.75 Å². The van der Waals surface area contributed by atoms with Gasteiger partial charge in [0, 0.05) is 4.90 Å². The molecule has 0 N–H and O–H groups in total. The molecule has 0 unspecified atom stereocenters. The summed E-state index contributed by atoms with van der Waals surface area (Å²) in [5.74, 6) is 1.52. The fourth-order valence-corrected chi connectivity index (χ4v) is 2.48. The standard InChI is InChI=1S/C17H20OS/c1-13(2)15-9-10-16(17(11-15)19-3)18-12-14-7-5-4-6-8-14/h4-11,13H,12H2,1-3H3. The van der Waals surface area contributed by atoms with Gasteiger partial charge in [-0.25, -0.2) is 0 Å². The van der Waals surface area contributed by atoms with E-state index in [-0.39, 0.29) is 0 Å². The summed E-state index contributed by atoms with van der Waals surface area (Å²) in [5.41, 5.74) is 2.55. The lowest BCUT2D eigenvalue weighted by Crippen LogP contribution is -1.97. The van der Waals surface area contributed by atoms with E-state index >= 15 is 0 Å². The Hall–Kier alpha value is -1.41. The van der Waals surface area contributed by atoms with Crippen LogP contribution in [0.25, 0.3) is 0 Å². The van der Waals surface area contributed by atoms with E-state index in [0.717, 1.165) is 5.75 Å². The molecule has 0 atom stereocenters. The molecule has 0 aliphatic heterocycles. The summed E-state index contributed by atoms with van der Waals surface area (Å²) >= 11 is 1.74. The summed E-state index contributed by atoms with van der Waals surface area (Å²) < 4.78 is 5.93. The zero-order chi connectivity index (χ0) is 13.7. The van der Waals surface area contributed by atoms with Crippen molar-refractivity contribution in [1.29, 1.82) is 0 Å². The Morgan fingerprint density at radius 2 is 1.79 bits per heavy atom. The molecule has 19 heavy (non-hydrogen) atoms. The van der Waals surface area contributed by atoms with Gasteiger partial charge in [0.1, 0.15) is 12.4 Å². The van der Waals surface area contributed by atoms with Gasteiger partial charge < -0.3 is 4.74 Å². The molecule has 0 aromatic heterocycles. The molecule has 0 bridgehead atoms. The Bertz CT molecular complexity index is 520. The molecular weight excluding hydrogens is 252 g/mol. The molecule has 2 rings (SSSR count). The van der Waals surface area contributed by atoms with Gasteiger partial charge in [-0.1, -0.05) is 50.2 Å². The summed E-state index contributed by atoms with van der Waals surface area (Å²) in [4.78, 5) is 1.21. The maximum Gasteiger partial charge on any atom is 0.133 e. The molecule has 0 saturated heterocycles. The van der Waals surface area contributed by atoms with Crippen LogP contribution in [0.5, 0.6) is 5.75 Å². The van der Waals surface area contributed by atoms with Crippen molar-refractivity contribution in [1.82, 2.24) is 0 Å². The van der Waals surface area contributed by atoms with Crippen LogP contribution in [0.3, 0.4) is 0 Å². The first kappa shape index (κ1) is 14.0. The van der Waals surface area contributed by atoms with E-state index in [0.29, 0.717) is 12.5 Å². The van der Waals surface area contributed by atoms with Crippen LogP contribution in [-0.2, 0) is 6.61 Å². The number of rotatable bonds is 5. The number of hydrogen-bond donors (Lipinski definition) is 0. The number of thioether (sulfide) groups is 1. The lowest BCUT2D eigenvalue weighted by atomic mass is 10.0. The van der Waals surface area contributed by atoms with Gasteiger partial charge in [0.15, 0.2) is 0 Å². The highest BCUT2D eigenvalue weighted by Gasteiger charge is 2.07. The third-order valence-corrected chi connectivity index (χ3v) is 3.85. The van der Waals surface area contributed by atoms with Crippen molar-refractivity contribution in [3.63, 3.8) is 0 Å². The average molecular weight is 272 g/mol. The van der Waals surface area contributed by atoms with E-state index in [9.17, 15) is 0 Å². The molecule has 2 aromatic carbocycles. The predicted molar refractivity (Wildman–Crippen MR) is 83.1 cm³/mol. The summed E-state index contributed by atoms with van der Waals surface area (Å²) in [6.45, 7) is 5.04. The molecule has 100 valence electrons. The topological polar surface area (TPSA) is 9.23 Å². The van der Waals surface area contributed by atoms with Gasteiger partial charge in [-0.3, -0.25) is 0 Å². The molecule has 1 nitrogen and oxygen atoms in total. The van der Waals surface area contributed by atoms with E-state index in [1.807, 2.05) is 18.2 Å². The lowest BCUT2D eigenvalue weighted by molar-refractivity contribution is 0.299. The van der Waals surface area contributed by atoms with Gasteiger partial charge in [0.05, 0.1) is 0 Å². The Morgan fingerprint density at radius 3 is 2.42 bits per heavy atom. The van der Waals surface area contributed by atoms with Crippen LogP contribution in [0.4, 0.5) is 0 Å². The van der Waals surface area contributed by atoms with Crippen molar-refractivity contribution >= 4 is 11.8 Å². The highest BCUT2D eigenvalue weighted by atomic mass is 32.2. The van der Waals surface area contributed by atoms with Gasteiger partial charge in [-0.2, -0.15) is 0 Å². The van der Waals surface area contributed by atoms with Crippen molar-refractivity contribution < 1.29 is 4.74 Å². The first-order chi connectivity index (χ1) is 9.20. The molecule has 0 amide bonds. The first-order valence-corrected chi connectivity index (χ1v) is 7.78. The Labute approximate surface area is 120 Å². The van der Waals surface area contributed by atoms with Crippen molar-refractivity contribution in [2.45, 2.75) is 31.3 Å². The van der Waals surface area contributed by atoms with Crippen LogP contribution in [0, 0.1) is 0 Å². The molecule has 0 saturated carbocycles. The highest BCUT2D eigenvalue weighted by molar-refractivity contribution is 7.98. The third kappa shape index (κ3) is 3.77. The largest absolute Gasteiger partial charge is 0.488 e. The van der Waals surface area contributed by atoms with Crippen LogP contribution < -0.4 is 4.74 Å². The summed E-state index contributed by atoms with van der Waals surface area (Å²) in [7, 11) is 0. The maximum absolute atomic E-state index is 5.93. The number of benzene rings is 2. The molecule has 2 heteroatoms. The minimum atomic E-state index is 0.550. The number of hydrogen-bond acceptors (Lipinski definition) is 2. The Morgan fingerprint density at radius 1 is 1.05 bits per heavy atom. The summed E-state index contributed by atoms with van der Waals surface area (Å²) in [6, 6.07) is 16.7. The van der Waals surface area contributed by atoms with Crippen molar-refractivity contribution in [2.75, 3.05) is 6.26 Å². The van der Waals surface area contributed by atoms with Gasteiger partial charge in [-0.05, 0) is 35.4 Å². The molecule has 0 aliphatic carbocycles. The van der Waals surface area contributed by atoms with Gasteiger partial charge in [-0.15, -0.1) is 11.8 Å². The second-order valence-corrected chi connectivity index (χ2v) is 5.69. The monoisotopic (exact) mass is 272 g/mol. The minimum absolute atomic E-state index is 0.550. The second kappa shape index (κ2) is 6.67. The quantitative estimate of drug-likeness (QED) is 0.699. The van der Waals surface area contributed by atoms with Crippen molar-refractivity contribution in [2.24, 2.45) is 0 Å². The third-order valence-electron chi connectivity index (χ3n) is 3.09. The van der Waals surface area contributed by atoms with E-state index in [4.69, 9.17) is 4.74 Å². The number of ether oxygens (including phenoxy) is 1. The van der Waals surface area contributed by atoms with Crippen LogP contribution in [0.15, 0.2) is 53.4 Å². The van der Waals surface area contributed by atoms with Crippen LogP contribution in [0.2, 0.25) is 0 Å². The lowest BCUT2D eigenvalue weighted by Gasteiger charge is -2.13. The van der Waals surface area contributed by atoms with Crippen LogP contribution in [-0.4, -0.2) is 6.26 Å². The summed E-state index contributed by atoms with van der Waals surface area (Å²) in [5, 5.41) is 0.